The average molecular weight is 478 g/mol. The molecular formula is C18H16BrF4N3O3. The van der Waals surface area contributed by atoms with Gasteiger partial charge in [-0.3, -0.25) is 4.79 Å². The summed E-state index contributed by atoms with van der Waals surface area (Å²) in [5.74, 6) is -0.354. The number of pyridine rings is 1. The van der Waals surface area contributed by atoms with Gasteiger partial charge in [-0.05, 0) is 52.7 Å². The van der Waals surface area contributed by atoms with Gasteiger partial charge in [-0.15, -0.1) is 0 Å². The second-order valence-corrected chi connectivity index (χ2v) is 7.22. The number of hydrogen-bond donors (Lipinski definition) is 2. The lowest BCUT2D eigenvalue weighted by Crippen LogP contribution is -2.33. The molecule has 1 aromatic carbocycles. The number of benzene rings is 1. The molecule has 0 saturated carbocycles. The first kappa shape index (κ1) is 21.3. The van der Waals surface area contributed by atoms with Crippen molar-refractivity contribution >= 4 is 33.3 Å². The summed E-state index contributed by atoms with van der Waals surface area (Å²) in [6.07, 6.45) is -6.96. The van der Waals surface area contributed by atoms with Gasteiger partial charge in [0.25, 0.3) is 5.91 Å². The largest absolute Gasteiger partial charge is 0.461 e. The number of anilines is 2. The van der Waals surface area contributed by atoms with E-state index >= 15 is 0 Å². The van der Waals surface area contributed by atoms with E-state index in [1.54, 1.807) is 6.07 Å². The summed E-state index contributed by atoms with van der Waals surface area (Å²) >= 11 is 3.37. The van der Waals surface area contributed by atoms with Gasteiger partial charge < -0.3 is 20.1 Å². The zero-order valence-electron chi connectivity index (χ0n) is 14.8. The minimum absolute atomic E-state index is 0.241. The van der Waals surface area contributed by atoms with E-state index in [0.29, 0.717) is 29.8 Å². The zero-order valence-corrected chi connectivity index (χ0v) is 16.4. The van der Waals surface area contributed by atoms with E-state index in [2.05, 4.69) is 31.0 Å². The fourth-order valence-corrected chi connectivity index (χ4v) is 3.33. The normalized spacial score (nSPS) is 16.9. The lowest BCUT2D eigenvalue weighted by molar-refractivity contribution is -0.253. The number of carbonyl (C=O) groups excluding carboxylic acids is 1. The zero-order chi connectivity index (χ0) is 21.2. The standard InChI is InChI=1S/C18H16BrF4N3O3/c19-14-7-10(8-24-15(14)26-6-5-12(27)9-26)16(28)25-11-1-3-13(4-2-11)29-18(22,23)17(20)21/h1-4,7-8,12,17,27H,5-6,9H2,(H,25,28). The number of carbonyl (C=O) groups is 1. The van der Waals surface area contributed by atoms with Crippen LogP contribution in [0.2, 0.25) is 0 Å². The summed E-state index contributed by atoms with van der Waals surface area (Å²) < 4.78 is 54.7. The van der Waals surface area contributed by atoms with Crippen molar-refractivity contribution in [2.24, 2.45) is 0 Å². The summed E-state index contributed by atoms with van der Waals surface area (Å²) in [6, 6.07) is 6.15. The van der Waals surface area contributed by atoms with E-state index in [1.807, 2.05) is 4.90 Å². The van der Waals surface area contributed by atoms with Crippen LogP contribution in [0, 0.1) is 0 Å². The molecule has 1 aliphatic heterocycles. The van der Waals surface area contributed by atoms with Crippen LogP contribution in [0.15, 0.2) is 41.0 Å². The molecule has 1 aliphatic rings. The number of ether oxygens (including phenoxy) is 1. The highest BCUT2D eigenvalue weighted by atomic mass is 79.9. The highest BCUT2D eigenvalue weighted by Gasteiger charge is 2.43. The molecule has 1 amide bonds. The third kappa shape index (κ3) is 5.15. The third-order valence-corrected chi connectivity index (χ3v) is 4.75. The SMILES string of the molecule is O=C(Nc1ccc(OC(F)(F)C(F)F)cc1)c1cnc(N2CCC(O)C2)c(Br)c1. The first-order chi connectivity index (χ1) is 13.7. The van der Waals surface area contributed by atoms with Crippen molar-refractivity contribution in [2.45, 2.75) is 25.1 Å². The van der Waals surface area contributed by atoms with Crippen LogP contribution in [-0.4, -0.2) is 47.7 Å². The Morgan fingerprint density at radius 2 is 2.03 bits per heavy atom. The van der Waals surface area contributed by atoms with Gasteiger partial charge in [0.2, 0.25) is 0 Å². The van der Waals surface area contributed by atoms with Crippen LogP contribution in [0.1, 0.15) is 16.8 Å². The molecule has 1 fully saturated rings. The Labute approximate surface area is 171 Å². The second kappa shape index (κ2) is 8.54. The molecule has 3 rings (SSSR count). The Balaban J connectivity index is 1.65. The average Bonchev–Trinajstić information content (AvgIpc) is 3.09. The number of rotatable bonds is 6. The van der Waals surface area contributed by atoms with Crippen molar-refractivity contribution in [2.75, 3.05) is 23.3 Å². The van der Waals surface area contributed by atoms with Gasteiger partial charge in [0.15, 0.2) is 0 Å². The second-order valence-electron chi connectivity index (χ2n) is 6.36. The van der Waals surface area contributed by atoms with Crippen LogP contribution in [0.5, 0.6) is 5.75 Å². The highest BCUT2D eigenvalue weighted by Crippen LogP contribution is 2.29. The number of hydrogen-bond acceptors (Lipinski definition) is 5. The van der Waals surface area contributed by atoms with Gasteiger partial charge >= 0.3 is 12.5 Å². The van der Waals surface area contributed by atoms with Crippen LogP contribution < -0.4 is 15.0 Å². The predicted molar refractivity (Wildman–Crippen MR) is 101 cm³/mol. The molecule has 0 spiro atoms. The maximum Gasteiger partial charge on any atom is 0.461 e. The lowest BCUT2D eigenvalue weighted by Gasteiger charge is -2.18. The number of aromatic nitrogens is 1. The predicted octanol–water partition coefficient (Wildman–Crippen LogP) is 3.90. The Morgan fingerprint density at radius 3 is 2.59 bits per heavy atom. The number of nitrogens with one attached hydrogen (secondary N) is 1. The maximum atomic E-state index is 12.9. The van der Waals surface area contributed by atoms with Gasteiger partial charge in [0, 0.05) is 25.0 Å². The molecule has 1 aromatic heterocycles. The van der Waals surface area contributed by atoms with Crippen LogP contribution in [-0.2, 0) is 0 Å². The monoisotopic (exact) mass is 477 g/mol. The molecule has 2 aromatic rings. The number of nitrogens with zero attached hydrogens (tertiary/aromatic N) is 2. The highest BCUT2D eigenvalue weighted by molar-refractivity contribution is 9.10. The summed E-state index contributed by atoms with van der Waals surface area (Å²) in [6.45, 7) is 1.10. The van der Waals surface area contributed by atoms with Crippen LogP contribution in [0.3, 0.4) is 0 Å². The van der Waals surface area contributed by atoms with Gasteiger partial charge in [-0.1, -0.05) is 0 Å². The Bertz CT molecular complexity index is 883. The van der Waals surface area contributed by atoms with Crippen molar-refractivity contribution in [3.05, 3.63) is 46.6 Å². The third-order valence-electron chi connectivity index (χ3n) is 4.17. The molecule has 11 heteroatoms. The van der Waals surface area contributed by atoms with Gasteiger partial charge in [0.05, 0.1) is 16.1 Å². The Morgan fingerprint density at radius 1 is 1.34 bits per heavy atom. The quantitative estimate of drug-likeness (QED) is 0.617. The van der Waals surface area contributed by atoms with Crippen LogP contribution >= 0.6 is 15.9 Å². The number of aliphatic hydroxyl groups is 1. The van der Waals surface area contributed by atoms with Crippen molar-refractivity contribution in [3.63, 3.8) is 0 Å². The van der Waals surface area contributed by atoms with E-state index in [9.17, 15) is 27.5 Å². The molecule has 156 valence electrons. The fraction of sp³-hybridized carbons (Fsp3) is 0.333. The van der Waals surface area contributed by atoms with E-state index in [-0.39, 0.29) is 11.3 Å². The molecular weight excluding hydrogens is 462 g/mol. The summed E-state index contributed by atoms with van der Waals surface area (Å²) in [5.41, 5.74) is 0.496. The molecule has 2 heterocycles. The first-order valence-electron chi connectivity index (χ1n) is 8.50. The molecule has 1 saturated heterocycles. The summed E-state index contributed by atoms with van der Waals surface area (Å²) in [5, 5.41) is 12.2. The van der Waals surface area contributed by atoms with Crippen molar-refractivity contribution in [1.29, 1.82) is 0 Å². The molecule has 0 aliphatic carbocycles. The summed E-state index contributed by atoms with van der Waals surface area (Å²) in [7, 11) is 0. The fourth-order valence-electron chi connectivity index (χ4n) is 2.73. The van der Waals surface area contributed by atoms with Gasteiger partial charge in [-0.2, -0.15) is 17.6 Å². The number of aliphatic hydroxyl groups excluding tert-OH is 1. The molecule has 0 radical (unpaired) electrons. The first-order valence-corrected chi connectivity index (χ1v) is 9.30. The van der Waals surface area contributed by atoms with E-state index < -0.39 is 30.3 Å². The molecule has 2 N–H and O–H groups in total. The Hall–Kier alpha value is -2.40. The van der Waals surface area contributed by atoms with Crippen LogP contribution in [0.25, 0.3) is 0 Å². The molecule has 6 nitrogen and oxygen atoms in total. The van der Waals surface area contributed by atoms with E-state index in [1.165, 1.54) is 18.3 Å². The smallest absolute Gasteiger partial charge is 0.428 e. The van der Waals surface area contributed by atoms with Crippen molar-refractivity contribution in [3.8, 4) is 5.75 Å². The molecule has 1 atom stereocenters. The molecule has 0 bridgehead atoms. The number of β-amino-alcohol motifs (C(OH)–C–C–N with tert-alkyl or cyclic N) is 1. The minimum atomic E-state index is -4.60. The topological polar surface area (TPSA) is 74.7 Å². The number of alkyl halides is 4. The number of amides is 1. The molecule has 29 heavy (non-hydrogen) atoms. The van der Waals surface area contributed by atoms with Crippen molar-refractivity contribution < 1.29 is 32.2 Å². The van der Waals surface area contributed by atoms with Gasteiger partial charge in [0.1, 0.15) is 11.6 Å². The van der Waals surface area contributed by atoms with E-state index in [0.717, 1.165) is 12.1 Å². The Kier molecular flexibility index (Phi) is 6.27. The van der Waals surface area contributed by atoms with Crippen LogP contribution in [0.4, 0.5) is 29.1 Å². The summed E-state index contributed by atoms with van der Waals surface area (Å²) in [4.78, 5) is 18.5. The lowest BCUT2D eigenvalue weighted by atomic mass is 10.2. The number of halogens is 5. The molecule has 1 unspecified atom stereocenters. The van der Waals surface area contributed by atoms with Crippen molar-refractivity contribution in [1.82, 2.24) is 4.98 Å². The van der Waals surface area contributed by atoms with E-state index in [4.69, 9.17) is 0 Å². The minimum Gasteiger partial charge on any atom is -0.428 e. The maximum absolute atomic E-state index is 12.9. The van der Waals surface area contributed by atoms with Gasteiger partial charge in [-0.25, -0.2) is 4.98 Å².